The lowest BCUT2D eigenvalue weighted by Gasteiger charge is -2.10. The van der Waals surface area contributed by atoms with Crippen LogP contribution < -0.4 is 5.73 Å². The molecule has 0 heterocycles. The molecule has 1 atom stereocenters. The zero-order chi connectivity index (χ0) is 14.0. The molecule has 5 heteroatoms. The standard InChI is InChI=1S/C15H17NO2S.ClH/c1-11(16)12-7-9-13(10-8-12)14-5-3-4-6-15(14)19(2,17)18;/h3-11H,16H2,1-2H3;1H/t11-;/m0./s1. The van der Waals surface area contributed by atoms with E-state index in [1.54, 1.807) is 12.1 Å². The van der Waals surface area contributed by atoms with Crippen molar-refractivity contribution in [2.75, 3.05) is 6.26 Å². The van der Waals surface area contributed by atoms with E-state index in [1.165, 1.54) is 6.26 Å². The van der Waals surface area contributed by atoms with Crippen molar-refractivity contribution < 1.29 is 8.42 Å². The highest BCUT2D eigenvalue weighted by Gasteiger charge is 2.13. The molecule has 0 saturated heterocycles. The van der Waals surface area contributed by atoms with Gasteiger partial charge in [-0.3, -0.25) is 0 Å². The first-order valence-corrected chi connectivity index (χ1v) is 7.94. The van der Waals surface area contributed by atoms with Crippen LogP contribution in [0.25, 0.3) is 11.1 Å². The minimum atomic E-state index is -3.23. The predicted octanol–water partition coefficient (Wildman–Crippen LogP) is 3.20. The van der Waals surface area contributed by atoms with E-state index in [0.29, 0.717) is 4.90 Å². The van der Waals surface area contributed by atoms with E-state index in [-0.39, 0.29) is 18.4 Å². The van der Waals surface area contributed by atoms with Gasteiger partial charge in [0.25, 0.3) is 0 Å². The van der Waals surface area contributed by atoms with Crippen LogP contribution in [0.3, 0.4) is 0 Å². The smallest absolute Gasteiger partial charge is 0.176 e. The third-order valence-electron chi connectivity index (χ3n) is 3.03. The summed E-state index contributed by atoms with van der Waals surface area (Å²) in [5.74, 6) is 0. The summed E-state index contributed by atoms with van der Waals surface area (Å²) < 4.78 is 23.6. The minimum Gasteiger partial charge on any atom is -0.324 e. The van der Waals surface area contributed by atoms with E-state index in [1.807, 2.05) is 43.3 Å². The fourth-order valence-electron chi connectivity index (χ4n) is 1.99. The molecule has 0 aliphatic carbocycles. The van der Waals surface area contributed by atoms with Crippen molar-refractivity contribution in [3.8, 4) is 11.1 Å². The summed E-state index contributed by atoms with van der Waals surface area (Å²) in [5, 5.41) is 0. The van der Waals surface area contributed by atoms with Crippen molar-refractivity contribution in [2.24, 2.45) is 5.73 Å². The van der Waals surface area contributed by atoms with Crippen LogP contribution in [0.4, 0.5) is 0 Å². The number of hydrogen-bond acceptors (Lipinski definition) is 3. The second-order valence-electron chi connectivity index (χ2n) is 4.68. The van der Waals surface area contributed by atoms with Gasteiger partial charge in [0.05, 0.1) is 4.90 Å². The molecule has 2 rings (SSSR count). The largest absolute Gasteiger partial charge is 0.324 e. The number of hydrogen-bond donors (Lipinski definition) is 1. The molecule has 108 valence electrons. The van der Waals surface area contributed by atoms with Gasteiger partial charge in [-0.1, -0.05) is 42.5 Å². The molecule has 0 spiro atoms. The monoisotopic (exact) mass is 311 g/mol. The molecular formula is C15H18ClNO2S. The Labute approximate surface area is 126 Å². The van der Waals surface area contributed by atoms with Gasteiger partial charge in [-0.25, -0.2) is 8.42 Å². The maximum atomic E-state index is 11.8. The van der Waals surface area contributed by atoms with Crippen molar-refractivity contribution in [1.29, 1.82) is 0 Å². The average molecular weight is 312 g/mol. The van der Waals surface area contributed by atoms with Crippen molar-refractivity contribution in [2.45, 2.75) is 17.9 Å². The Balaban J connectivity index is 0.00000200. The second-order valence-corrected chi connectivity index (χ2v) is 6.66. The Morgan fingerprint density at radius 1 is 1.00 bits per heavy atom. The average Bonchev–Trinajstić information content (AvgIpc) is 2.38. The SMILES string of the molecule is C[C@H](N)c1ccc(-c2ccccc2S(C)(=O)=O)cc1.Cl. The maximum Gasteiger partial charge on any atom is 0.176 e. The van der Waals surface area contributed by atoms with E-state index in [4.69, 9.17) is 5.73 Å². The number of sulfone groups is 1. The highest BCUT2D eigenvalue weighted by molar-refractivity contribution is 7.90. The van der Waals surface area contributed by atoms with E-state index in [9.17, 15) is 8.42 Å². The van der Waals surface area contributed by atoms with Gasteiger partial charge in [0.15, 0.2) is 9.84 Å². The summed E-state index contributed by atoms with van der Waals surface area (Å²) in [7, 11) is -3.23. The third-order valence-corrected chi connectivity index (χ3v) is 4.19. The van der Waals surface area contributed by atoms with E-state index in [2.05, 4.69) is 0 Å². The minimum absolute atomic E-state index is 0. The zero-order valence-corrected chi connectivity index (χ0v) is 13.0. The highest BCUT2D eigenvalue weighted by Crippen LogP contribution is 2.27. The van der Waals surface area contributed by atoms with E-state index < -0.39 is 9.84 Å². The summed E-state index contributed by atoms with van der Waals surface area (Å²) in [6.07, 6.45) is 1.22. The molecule has 20 heavy (non-hydrogen) atoms. The molecule has 0 unspecified atom stereocenters. The molecule has 0 saturated carbocycles. The molecular weight excluding hydrogens is 294 g/mol. The van der Waals surface area contributed by atoms with E-state index >= 15 is 0 Å². The molecule has 0 aliphatic heterocycles. The molecule has 2 aromatic rings. The molecule has 2 aromatic carbocycles. The molecule has 0 aromatic heterocycles. The lowest BCUT2D eigenvalue weighted by Crippen LogP contribution is -2.04. The van der Waals surface area contributed by atoms with Crippen LogP contribution in [-0.4, -0.2) is 14.7 Å². The lowest BCUT2D eigenvalue weighted by molar-refractivity contribution is 0.602. The summed E-state index contributed by atoms with van der Waals surface area (Å²) in [6.45, 7) is 1.92. The van der Waals surface area contributed by atoms with Crippen LogP contribution in [0.5, 0.6) is 0 Å². The van der Waals surface area contributed by atoms with Crippen LogP contribution >= 0.6 is 12.4 Å². The first-order chi connectivity index (χ1) is 8.89. The first kappa shape index (κ1) is 16.7. The number of halogens is 1. The Bertz CT molecular complexity index is 679. The zero-order valence-electron chi connectivity index (χ0n) is 11.4. The number of rotatable bonds is 3. The molecule has 0 aliphatic rings. The Morgan fingerprint density at radius 3 is 2.05 bits per heavy atom. The molecule has 0 amide bonds. The van der Waals surface area contributed by atoms with Crippen LogP contribution in [-0.2, 0) is 9.84 Å². The van der Waals surface area contributed by atoms with E-state index in [0.717, 1.165) is 16.7 Å². The van der Waals surface area contributed by atoms with Gasteiger partial charge in [-0.15, -0.1) is 12.4 Å². The fourth-order valence-corrected chi connectivity index (χ4v) is 2.91. The molecule has 3 nitrogen and oxygen atoms in total. The summed E-state index contributed by atoms with van der Waals surface area (Å²) in [4.78, 5) is 0.351. The Kier molecular flexibility index (Phi) is 5.34. The van der Waals surface area contributed by atoms with Gasteiger partial charge in [0.2, 0.25) is 0 Å². The Morgan fingerprint density at radius 2 is 1.55 bits per heavy atom. The Hall–Kier alpha value is -1.36. The highest BCUT2D eigenvalue weighted by atomic mass is 35.5. The van der Waals surface area contributed by atoms with Crippen molar-refractivity contribution in [3.63, 3.8) is 0 Å². The topological polar surface area (TPSA) is 60.2 Å². The summed E-state index contributed by atoms with van der Waals surface area (Å²) in [6, 6.07) is 14.7. The molecule has 0 radical (unpaired) electrons. The van der Waals surface area contributed by atoms with Crippen molar-refractivity contribution >= 4 is 22.2 Å². The maximum absolute atomic E-state index is 11.8. The third kappa shape index (κ3) is 3.60. The van der Waals surface area contributed by atoms with Gasteiger partial charge >= 0.3 is 0 Å². The predicted molar refractivity (Wildman–Crippen MR) is 84.8 cm³/mol. The van der Waals surface area contributed by atoms with Gasteiger partial charge in [-0.05, 0) is 24.1 Å². The van der Waals surface area contributed by atoms with Gasteiger partial charge < -0.3 is 5.73 Å². The molecule has 0 bridgehead atoms. The van der Waals surface area contributed by atoms with Gasteiger partial charge in [-0.2, -0.15) is 0 Å². The number of nitrogens with two attached hydrogens (primary N) is 1. The second kappa shape index (κ2) is 6.39. The van der Waals surface area contributed by atoms with Crippen LogP contribution in [0, 0.1) is 0 Å². The van der Waals surface area contributed by atoms with Crippen molar-refractivity contribution in [1.82, 2.24) is 0 Å². The van der Waals surface area contributed by atoms with Crippen LogP contribution in [0.2, 0.25) is 0 Å². The number of benzene rings is 2. The fraction of sp³-hybridized carbons (Fsp3) is 0.200. The lowest BCUT2D eigenvalue weighted by atomic mass is 10.0. The molecule has 2 N–H and O–H groups in total. The van der Waals surface area contributed by atoms with Gasteiger partial charge in [0, 0.05) is 17.9 Å². The van der Waals surface area contributed by atoms with Crippen LogP contribution in [0.15, 0.2) is 53.4 Å². The van der Waals surface area contributed by atoms with Crippen molar-refractivity contribution in [3.05, 3.63) is 54.1 Å². The quantitative estimate of drug-likeness (QED) is 0.947. The normalized spacial score (nSPS) is 12.6. The summed E-state index contributed by atoms with van der Waals surface area (Å²) >= 11 is 0. The summed E-state index contributed by atoms with van der Waals surface area (Å²) in [5.41, 5.74) is 8.44. The van der Waals surface area contributed by atoms with Crippen LogP contribution in [0.1, 0.15) is 18.5 Å². The molecule has 0 fully saturated rings. The first-order valence-electron chi connectivity index (χ1n) is 6.04. The van der Waals surface area contributed by atoms with Gasteiger partial charge in [0.1, 0.15) is 0 Å².